The van der Waals surface area contributed by atoms with E-state index < -0.39 is 4.92 Å². The van der Waals surface area contributed by atoms with Gasteiger partial charge in [-0.15, -0.1) is 0 Å². The molecule has 4 rings (SSSR count). The van der Waals surface area contributed by atoms with Crippen LogP contribution in [0.3, 0.4) is 0 Å². The number of fused-ring (bicyclic) bond motifs is 1. The fraction of sp³-hybridized carbons (Fsp3) is 0.0435. The normalized spacial score (nSPS) is 11.2. The average Bonchev–Trinajstić information content (AvgIpc) is 3.16. The highest BCUT2D eigenvalue weighted by Crippen LogP contribution is 2.27. The Kier molecular flexibility index (Phi) is 5.51. The van der Waals surface area contributed by atoms with Gasteiger partial charge in [0.15, 0.2) is 5.58 Å². The lowest BCUT2D eigenvalue weighted by Gasteiger charge is -2.04. The molecule has 1 aromatic heterocycles. The molecule has 0 fully saturated rings. The van der Waals surface area contributed by atoms with Gasteiger partial charge in [0, 0.05) is 23.4 Å². The zero-order chi connectivity index (χ0) is 22.0. The van der Waals surface area contributed by atoms with Crippen LogP contribution in [0.1, 0.15) is 11.1 Å². The number of amides is 1. The number of nitrogens with zero attached hydrogens (tertiary/aromatic N) is 2. The van der Waals surface area contributed by atoms with Crippen molar-refractivity contribution in [2.24, 2.45) is 0 Å². The van der Waals surface area contributed by atoms with E-state index in [9.17, 15) is 14.9 Å². The first-order chi connectivity index (χ1) is 14.9. The molecular weight excluding hydrogens is 418 g/mol. The fourth-order valence-electron chi connectivity index (χ4n) is 3.01. The molecule has 0 bridgehead atoms. The number of anilines is 1. The molecule has 0 radical (unpaired) electrons. The first-order valence-electron chi connectivity index (χ1n) is 9.30. The minimum Gasteiger partial charge on any atom is -0.436 e. The molecule has 154 valence electrons. The van der Waals surface area contributed by atoms with Crippen LogP contribution in [0.25, 0.3) is 28.6 Å². The van der Waals surface area contributed by atoms with Gasteiger partial charge in [0.05, 0.1) is 4.92 Å². The van der Waals surface area contributed by atoms with Crippen molar-refractivity contribution in [1.29, 1.82) is 0 Å². The van der Waals surface area contributed by atoms with Crippen molar-refractivity contribution in [2.75, 3.05) is 5.32 Å². The molecule has 0 saturated carbocycles. The third-order valence-electron chi connectivity index (χ3n) is 4.52. The van der Waals surface area contributed by atoms with E-state index in [1.54, 1.807) is 24.3 Å². The minimum atomic E-state index is -0.571. The van der Waals surface area contributed by atoms with Crippen LogP contribution in [0.4, 0.5) is 11.4 Å². The van der Waals surface area contributed by atoms with Gasteiger partial charge < -0.3 is 9.73 Å². The van der Waals surface area contributed by atoms with Crippen molar-refractivity contribution in [1.82, 2.24) is 4.98 Å². The maximum atomic E-state index is 12.3. The smallest absolute Gasteiger partial charge is 0.288 e. The van der Waals surface area contributed by atoms with Crippen molar-refractivity contribution in [3.05, 3.63) is 93.0 Å². The SMILES string of the molecule is Cc1ccc2nc(-c3cccc(NC(=O)/C=C/c4ccc(Cl)c([N+](=O)[O-])c4)c3)oc2c1. The maximum absolute atomic E-state index is 12.3. The molecule has 0 aliphatic rings. The van der Waals surface area contributed by atoms with Crippen LogP contribution in [0.5, 0.6) is 0 Å². The Hall–Kier alpha value is -3.97. The summed E-state index contributed by atoms with van der Waals surface area (Å²) in [6.45, 7) is 1.98. The van der Waals surface area contributed by atoms with E-state index in [1.165, 1.54) is 24.3 Å². The van der Waals surface area contributed by atoms with Crippen LogP contribution >= 0.6 is 11.6 Å². The minimum absolute atomic E-state index is 0.0396. The van der Waals surface area contributed by atoms with Gasteiger partial charge in [0.1, 0.15) is 10.5 Å². The van der Waals surface area contributed by atoms with E-state index in [2.05, 4.69) is 10.3 Å². The highest BCUT2D eigenvalue weighted by Gasteiger charge is 2.12. The Balaban J connectivity index is 1.50. The molecule has 3 aromatic carbocycles. The molecule has 1 amide bonds. The first-order valence-corrected chi connectivity index (χ1v) is 9.67. The van der Waals surface area contributed by atoms with Gasteiger partial charge >= 0.3 is 0 Å². The van der Waals surface area contributed by atoms with Gasteiger partial charge in [-0.2, -0.15) is 0 Å². The Morgan fingerprint density at radius 1 is 1.16 bits per heavy atom. The van der Waals surface area contributed by atoms with Crippen LogP contribution in [0, 0.1) is 17.0 Å². The number of nitrogens with one attached hydrogen (secondary N) is 1. The second kappa shape index (κ2) is 8.41. The van der Waals surface area contributed by atoms with Crippen LogP contribution in [0.15, 0.2) is 71.2 Å². The number of nitro benzene ring substituents is 1. The van der Waals surface area contributed by atoms with Gasteiger partial charge in [-0.05, 0) is 60.5 Å². The summed E-state index contributed by atoms with van der Waals surface area (Å²) in [5, 5.41) is 13.8. The Bertz CT molecular complexity index is 1340. The van der Waals surface area contributed by atoms with E-state index in [1.807, 2.05) is 31.2 Å². The van der Waals surface area contributed by atoms with Crippen molar-refractivity contribution in [3.63, 3.8) is 0 Å². The molecular formula is C23H16ClN3O4. The molecule has 0 spiro atoms. The highest BCUT2D eigenvalue weighted by molar-refractivity contribution is 6.32. The number of carbonyl (C=O) groups excluding carboxylic acids is 1. The highest BCUT2D eigenvalue weighted by atomic mass is 35.5. The number of benzene rings is 3. The van der Waals surface area contributed by atoms with Crippen molar-refractivity contribution in [2.45, 2.75) is 6.92 Å². The van der Waals surface area contributed by atoms with Crippen LogP contribution < -0.4 is 5.32 Å². The van der Waals surface area contributed by atoms with E-state index in [-0.39, 0.29) is 16.6 Å². The number of rotatable bonds is 5. The van der Waals surface area contributed by atoms with E-state index >= 15 is 0 Å². The van der Waals surface area contributed by atoms with Crippen molar-refractivity contribution < 1.29 is 14.1 Å². The van der Waals surface area contributed by atoms with Gasteiger partial charge in [-0.1, -0.05) is 29.8 Å². The number of carbonyl (C=O) groups is 1. The summed E-state index contributed by atoms with van der Waals surface area (Å²) >= 11 is 5.80. The molecule has 31 heavy (non-hydrogen) atoms. The zero-order valence-corrected chi connectivity index (χ0v) is 17.1. The van der Waals surface area contributed by atoms with E-state index in [0.717, 1.165) is 16.6 Å². The predicted octanol–water partition coefficient (Wildman–Crippen LogP) is 6.02. The van der Waals surface area contributed by atoms with Crippen molar-refractivity contribution in [3.8, 4) is 11.5 Å². The summed E-state index contributed by atoms with van der Waals surface area (Å²) in [4.78, 5) is 27.2. The lowest BCUT2D eigenvalue weighted by atomic mass is 10.2. The van der Waals surface area contributed by atoms with Gasteiger partial charge in [0.25, 0.3) is 5.69 Å². The largest absolute Gasteiger partial charge is 0.436 e. The quantitative estimate of drug-likeness (QED) is 0.236. The van der Waals surface area contributed by atoms with Crippen LogP contribution in [0.2, 0.25) is 5.02 Å². The number of nitro groups is 1. The molecule has 4 aromatic rings. The number of hydrogen-bond acceptors (Lipinski definition) is 5. The topological polar surface area (TPSA) is 98.3 Å². The molecule has 0 atom stereocenters. The lowest BCUT2D eigenvalue weighted by molar-refractivity contribution is -0.384. The molecule has 8 heteroatoms. The monoisotopic (exact) mass is 433 g/mol. The number of aryl methyl sites for hydroxylation is 1. The first kappa shape index (κ1) is 20.3. The second-order valence-corrected chi connectivity index (χ2v) is 7.27. The third-order valence-corrected chi connectivity index (χ3v) is 4.83. The summed E-state index contributed by atoms with van der Waals surface area (Å²) in [6, 6.07) is 17.2. The molecule has 0 aliphatic carbocycles. The molecule has 7 nitrogen and oxygen atoms in total. The summed E-state index contributed by atoms with van der Waals surface area (Å²) in [7, 11) is 0. The number of aromatic nitrogens is 1. The molecule has 1 heterocycles. The summed E-state index contributed by atoms with van der Waals surface area (Å²) in [5.41, 5.74) is 4.09. The molecule has 0 saturated heterocycles. The second-order valence-electron chi connectivity index (χ2n) is 6.86. The van der Waals surface area contributed by atoms with E-state index in [0.29, 0.717) is 22.7 Å². The van der Waals surface area contributed by atoms with E-state index in [4.69, 9.17) is 16.0 Å². The van der Waals surface area contributed by atoms with Gasteiger partial charge in [0.2, 0.25) is 11.8 Å². The number of oxazole rings is 1. The van der Waals surface area contributed by atoms with Crippen LogP contribution in [-0.2, 0) is 4.79 Å². The summed E-state index contributed by atoms with van der Waals surface area (Å²) in [5.74, 6) is 0.0728. The standard InChI is InChI=1S/C23H16ClN3O4/c1-14-5-9-19-21(11-14)31-23(26-19)16-3-2-4-17(13-16)25-22(28)10-7-15-6-8-18(24)20(12-15)27(29)30/h2-13H,1H3,(H,25,28)/b10-7+. The Morgan fingerprint density at radius 3 is 2.81 bits per heavy atom. The Labute approximate surface area is 182 Å². The van der Waals surface area contributed by atoms with Crippen molar-refractivity contribution >= 4 is 46.1 Å². The van der Waals surface area contributed by atoms with Gasteiger partial charge in [-0.25, -0.2) is 4.98 Å². The van der Waals surface area contributed by atoms with Crippen LogP contribution in [-0.4, -0.2) is 15.8 Å². The van der Waals surface area contributed by atoms with Gasteiger partial charge in [-0.3, -0.25) is 14.9 Å². The molecule has 0 unspecified atom stereocenters. The average molecular weight is 434 g/mol. The predicted molar refractivity (Wildman–Crippen MR) is 120 cm³/mol. The molecule has 0 aliphatic heterocycles. The molecule has 1 N–H and O–H groups in total. The lowest BCUT2D eigenvalue weighted by Crippen LogP contribution is -2.07. The third kappa shape index (κ3) is 4.62. The maximum Gasteiger partial charge on any atom is 0.288 e. The summed E-state index contributed by atoms with van der Waals surface area (Å²) in [6.07, 6.45) is 2.77. The summed E-state index contributed by atoms with van der Waals surface area (Å²) < 4.78 is 5.84. The zero-order valence-electron chi connectivity index (χ0n) is 16.3. The number of halogens is 1. The number of hydrogen-bond donors (Lipinski definition) is 1. The fourth-order valence-corrected chi connectivity index (χ4v) is 3.20. The Morgan fingerprint density at radius 2 is 2.00 bits per heavy atom.